The number of nitrogens with two attached hydrogens (primary N) is 1. The lowest BCUT2D eigenvalue weighted by atomic mass is 9.99. The van der Waals surface area contributed by atoms with Crippen molar-refractivity contribution in [2.45, 2.75) is 64.1 Å². The first-order valence-electron chi connectivity index (χ1n) is 6.24. The molecule has 0 aromatic carbocycles. The maximum atomic E-state index is 11.7. The number of carbonyl (C=O) groups is 1. The molecule has 2 atom stereocenters. The highest BCUT2D eigenvalue weighted by molar-refractivity contribution is 5.81. The van der Waals surface area contributed by atoms with E-state index in [2.05, 4.69) is 5.32 Å². The van der Waals surface area contributed by atoms with Crippen molar-refractivity contribution in [1.29, 1.82) is 0 Å². The molecule has 94 valence electrons. The topological polar surface area (TPSA) is 75.3 Å². The van der Waals surface area contributed by atoms with Gasteiger partial charge in [-0.2, -0.15) is 0 Å². The predicted molar refractivity (Wildman–Crippen MR) is 63.8 cm³/mol. The second kappa shape index (κ2) is 6.21. The van der Waals surface area contributed by atoms with E-state index >= 15 is 0 Å². The van der Waals surface area contributed by atoms with Gasteiger partial charge in [0.25, 0.3) is 5.91 Å². The highest BCUT2D eigenvalue weighted by atomic mass is 16.3. The van der Waals surface area contributed by atoms with Crippen LogP contribution in [-0.4, -0.2) is 29.2 Å². The molecule has 1 saturated carbocycles. The summed E-state index contributed by atoms with van der Waals surface area (Å²) in [4.78, 5) is 11.7. The van der Waals surface area contributed by atoms with Crippen molar-refractivity contribution in [3.8, 4) is 0 Å². The van der Waals surface area contributed by atoms with Crippen molar-refractivity contribution in [3.63, 3.8) is 0 Å². The highest BCUT2D eigenvalue weighted by Crippen LogP contribution is 2.18. The predicted octanol–water partition coefficient (Wildman–Crippen LogP) is 0.779. The van der Waals surface area contributed by atoms with Gasteiger partial charge in [0.15, 0.2) is 0 Å². The Hall–Kier alpha value is -0.610. The third-order valence-corrected chi connectivity index (χ3v) is 3.12. The average molecular weight is 228 g/mol. The summed E-state index contributed by atoms with van der Waals surface area (Å²) in [6, 6.07) is -0.213. The molecular weight excluding hydrogens is 204 g/mol. The Balaban J connectivity index is 2.33. The first-order valence-corrected chi connectivity index (χ1v) is 6.24. The number of nitrogens with one attached hydrogen (secondary N) is 1. The number of hydrogen-bond acceptors (Lipinski definition) is 3. The van der Waals surface area contributed by atoms with Gasteiger partial charge in [-0.15, -0.1) is 0 Å². The Morgan fingerprint density at radius 1 is 1.44 bits per heavy atom. The zero-order valence-corrected chi connectivity index (χ0v) is 10.3. The maximum Gasteiger partial charge on any atom is 0.250 e. The molecule has 1 rings (SSSR count). The number of amides is 1. The van der Waals surface area contributed by atoms with E-state index < -0.39 is 12.1 Å². The van der Waals surface area contributed by atoms with Crippen LogP contribution in [0.3, 0.4) is 0 Å². The third-order valence-electron chi connectivity index (χ3n) is 3.12. The van der Waals surface area contributed by atoms with E-state index in [1.165, 1.54) is 12.8 Å². The molecule has 0 heterocycles. The largest absolute Gasteiger partial charge is 0.382 e. The lowest BCUT2D eigenvalue weighted by Crippen LogP contribution is -2.49. The second-order valence-corrected chi connectivity index (χ2v) is 5.23. The molecular formula is C12H24N2O2. The minimum Gasteiger partial charge on any atom is -0.382 e. The van der Waals surface area contributed by atoms with Gasteiger partial charge in [0, 0.05) is 12.1 Å². The Kier molecular flexibility index (Phi) is 5.22. The molecule has 0 radical (unpaired) electrons. The van der Waals surface area contributed by atoms with Gasteiger partial charge in [0.05, 0.1) is 0 Å². The first-order chi connectivity index (χ1) is 7.50. The van der Waals surface area contributed by atoms with Crippen LogP contribution < -0.4 is 11.1 Å². The highest BCUT2D eigenvalue weighted by Gasteiger charge is 2.26. The molecule has 4 nitrogen and oxygen atoms in total. The monoisotopic (exact) mass is 228 g/mol. The van der Waals surface area contributed by atoms with Gasteiger partial charge in [-0.25, -0.2) is 0 Å². The summed E-state index contributed by atoms with van der Waals surface area (Å²) in [5, 5.41) is 12.6. The van der Waals surface area contributed by atoms with Crippen molar-refractivity contribution in [1.82, 2.24) is 5.32 Å². The van der Waals surface area contributed by atoms with E-state index in [9.17, 15) is 9.90 Å². The van der Waals surface area contributed by atoms with Gasteiger partial charge in [-0.05, 0) is 25.2 Å². The van der Waals surface area contributed by atoms with Crippen LogP contribution in [-0.2, 0) is 4.79 Å². The van der Waals surface area contributed by atoms with Crippen LogP contribution in [0.15, 0.2) is 0 Å². The molecule has 1 aliphatic rings. The SMILES string of the molecule is CC(C)C[C@H](N)C(O)C(=O)NC1CCCC1. The van der Waals surface area contributed by atoms with Gasteiger partial charge >= 0.3 is 0 Å². The van der Waals surface area contributed by atoms with Gasteiger partial charge < -0.3 is 16.2 Å². The molecule has 1 fully saturated rings. The molecule has 0 spiro atoms. The van der Waals surface area contributed by atoms with Crippen molar-refractivity contribution in [3.05, 3.63) is 0 Å². The van der Waals surface area contributed by atoms with Crippen molar-refractivity contribution in [2.75, 3.05) is 0 Å². The van der Waals surface area contributed by atoms with Gasteiger partial charge in [-0.3, -0.25) is 4.79 Å². The summed E-state index contributed by atoms with van der Waals surface area (Å²) in [6.45, 7) is 4.06. The van der Waals surface area contributed by atoms with Crippen LogP contribution in [0.4, 0.5) is 0 Å². The first kappa shape index (κ1) is 13.5. The maximum absolute atomic E-state index is 11.7. The molecule has 4 heteroatoms. The summed E-state index contributed by atoms with van der Waals surface area (Å²) in [5.74, 6) is 0.0870. The van der Waals surface area contributed by atoms with Gasteiger partial charge in [0.2, 0.25) is 0 Å². The van der Waals surface area contributed by atoms with Crippen molar-refractivity contribution in [2.24, 2.45) is 11.7 Å². The minimum absolute atomic E-state index is 0.244. The molecule has 16 heavy (non-hydrogen) atoms. The lowest BCUT2D eigenvalue weighted by molar-refractivity contribution is -0.131. The Morgan fingerprint density at radius 2 is 2.00 bits per heavy atom. The van der Waals surface area contributed by atoms with Crippen LogP contribution in [0.25, 0.3) is 0 Å². The Labute approximate surface area is 97.6 Å². The van der Waals surface area contributed by atoms with Crippen molar-refractivity contribution >= 4 is 5.91 Å². The summed E-state index contributed by atoms with van der Waals surface area (Å²) >= 11 is 0. The second-order valence-electron chi connectivity index (χ2n) is 5.23. The number of carbonyl (C=O) groups excluding carboxylic acids is 1. The van der Waals surface area contributed by atoms with Crippen LogP contribution in [0.2, 0.25) is 0 Å². The molecule has 1 unspecified atom stereocenters. The number of aliphatic hydroxyl groups is 1. The molecule has 0 bridgehead atoms. The van der Waals surface area contributed by atoms with Crippen LogP contribution in [0, 0.1) is 5.92 Å². The fourth-order valence-corrected chi connectivity index (χ4v) is 2.22. The minimum atomic E-state index is -1.07. The molecule has 0 saturated heterocycles. The normalized spacial score (nSPS) is 21.1. The van der Waals surface area contributed by atoms with E-state index in [1.54, 1.807) is 0 Å². The summed E-state index contributed by atoms with van der Waals surface area (Å²) in [6.07, 6.45) is 3.98. The number of rotatable bonds is 5. The molecule has 4 N–H and O–H groups in total. The van der Waals surface area contributed by atoms with Gasteiger partial charge in [-0.1, -0.05) is 26.7 Å². The molecule has 1 aliphatic carbocycles. The van der Waals surface area contributed by atoms with Gasteiger partial charge in [0.1, 0.15) is 6.10 Å². The zero-order valence-electron chi connectivity index (χ0n) is 10.3. The summed E-state index contributed by atoms with van der Waals surface area (Å²) in [5.41, 5.74) is 5.78. The molecule has 1 amide bonds. The van der Waals surface area contributed by atoms with Crippen LogP contribution >= 0.6 is 0 Å². The summed E-state index contributed by atoms with van der Waals surface area (Å²) in [7, 11) is 0. The molecule has 0 aromatic heterocycles. The molecule has 0 aliphatic heterocycles. The average Bonchev–Trinajstić information content (AvgIpc) is 2.68. The fourth-order valence-electron chi connectivity index (χ4n) is 2.22. The smallest absolute Gasteiger partial charge is 0.250 e. The lowest BCUT2D eigenvalue weighted by Gasteiger charge is -2.21. The number of aliphatic hydroxyl groups excluding tert-OH is 1. The third kappa shape index (κ3) is 4.10. The Morgan fingerprint density at radius 3 is 2.50 bits per heavy atom. The van der Waals surface area contributed by atoms with E-state index in [0.29, 0.717) is 12.3 Å². The molecule has 0 aromatic rings. The van der Waals surface area contributed by atoms with E-state index in [4.69, 9.17) is 5.73 Å². The van der Waals surface area contributed by atoms with Crippen LogP contribution in [0.1, 0.15) is 46.0 Å². The number of hydrogen-bond donors (Lipinski definition) is 3. The van der Waals surface area contributed by atoms with Crippen molar-refractivity contribution < 1.29 is 9.90 Å². The Bertz CT molecular complexity index is 225. The summed E-state index contributed by atoms with van der Waals surface area (Å²) < 4.78 is 0. The fraction of sp³-hybridized carbons (Fsp3) is 0.917. The van der Waals surface area contributed by atoms with E-state index in [-0.39, 0.29) is 11.9 Å². The van der Waals surface area contributed by atoms with E-state index in [0.717, 1.165) is 12.8 Å². The van der Waals surface area contributed by atoms with Crippen LogP contribution in [0.5, 0.6) is 0 Å². The quantitative estimate of drug-likeness (QED) is 0.651. The van der Waals surface area contributed by atoms with E-state index in [1.807, 2.05) is 13.8 Å². The standard InChI is InChI=1S/C12H24N2O2/c1-8(2)7-10(13)11(15)12(16)14-9-5-3-4-6-9/h8-11,15H,3-7,13H2,1-2H3,(H,14,16)/t10-,11?/m0/s1. The zero-order chi connectivity index (χ0) is 12.1.